The molecule has 8 heteroatoms. The van der Waals surface area contributed by atoms with Crippen molar-refractivity contribution in [3.63, 3.8) is 0 Å². The van der Waals surface area contributed by atoms with Crippen LogP contribution in [0.5, 0.6) is 0 Å². The zero-order chi connectivity index (χ0) is 14.9. The summed E-state index contributed by atoms with van der Waals surface area (Å²) in [5.74, 6) is -2.43. The van der Waals surface area contributed by atoms with Crippen LogP contribution in [0.1, 0.15) is 18.5 Å². The lowest BCUT2D eigenvalue weighted by atomic mass is 10.2. The van der Waals surface area contributed by atoms with Crippen molar-refractivity contribution in [3.8, 4) is 0 Å². The average Bonchev–Trinajstić information content (AvgIpc) is 2.78. The minimum Gasteiger partial charge on any atom is -0.399 e. The van der Waals surface area contributed by atoms with Crippen LogP contribution < -0.4 is 10.5 Å². The first-order valence-electron chi connectivity index (χ1n) is 5.60. The van der Waals surface area contributed by atoms with E-state index in [1.807, 2.05) is 0 Å². The molecule has 0 amide bonds. The molecule has 20 heavy (non-hydrogen) atoms. The van der Waals surface area contributed by atoms with Crippen molar-refractivity contribution in [2.75, 3.05) is 5.73 Å². The lowest BCUT2D eigenvalue weighted by Gasteiger charge is -2.14. The van der Waals surface area contributed by atoms with Crippen LogP contribution >= 0.6 is 11.3 Å². The Morgan fingerprint density at radius 1 is 1.30 bits per heavy atom. The molecule has 4 nitrogen and oxygen atoms in total. The fraction of sp³-hybridized carbons (Fsp3) is 0.167. The number of hydrogen-bond acceptors (Lipinski definition) is 4. The number of nitrogens with one attached hydrogen (secondary N) is 1. The number of benzene rings is 1. The second kappa shape index (κ2) is 5.47. The summed E-state index contributed by atoms with van der Waals surface area (Å²) in [6.07, 6.45) is 0. The predicted molar refractivity (Wildman–Crippen MR) is 73.8 cm³/mol. The molecule has 0 saturated carbocycles. The van der Waals surface area contributed by atoms with Crippen molar-refractivity contribution in [2.24, 2.45) is 0 Å². The molecule has 0 aliphatic heterocycles. The van der Waals surface area contributed by atoms with E-state index in [0.717, 1.165) is 17.7 Å². The first kappa shape index (κ1) is 14.9. The maximum Gasteiger partial charge on any atom is 0.246 e. The van der Waals surface area contributed by atoms with E-state index in [-0.39, 0.29) is 5.69 Å². The molecule has 0 fully saturated rings. The fourth-order valence-corrected chi connectivity index (χ4v) is 3.82. The van der Waals surface area contributed by atoms with Gasteiger partial charge in [0.2, 0.25) is 10.0 Å². The van der Waals surface area contributed by atoms with Gasteiger partial charge in [0, 0.05) is 11.7 Å². The standard InChI is InChI=1S/C12H12F2N2O2S2/c1-7(8-2-3-19-6-8)16-20(17,18)12-10(13)4-9(15)5-11(12)14/h2-7,16H,15H2,1H3. The van der Waals surface area contributed by atoms with Crippen LogP contribution in [-0.4, -0.2) is 8.42 Å². The zero-order valence-electron chi connectivity index (χ0n) is 10.4. The van der Waals surface area contributed by atoms with Crippen LogP contribution in [0.4, 0.5) is 14.5 Å². The van der Waals surface area contributed by atoms with Gasteiger partial charge in [0.1, 0.15) is 11.6 Å². The quantitative estimate of drug-likeness (QED) is 0.851. The van der Waals surface area contributed by atoms with Crippen molar-refractivity contribution in [1.29, 1.82) is 0 Å². The third-order valence-electron chi connectivity index (χ3n) is 2.66. The summed E-state index contributed by atoms with van der Waals surface area (Å²) in [4.78, 5) is -1.02. The number of rotatable bonds is 4. The Morgan fingerprint density at radius 2 is 1.90 bits per heavy atom. The van der Waals surface area contributed by atoms with E-state index in [1.165, 1.54) is 11.3 Å². The smallest absolute Gasteiger partial charge is 0.246 e. The molecule has 1 unspecified atom stereocenters. The summed E-state index contributed by atoms with van der Waals surface area (Å²) in [5.41, 5.74) is 5.80. The largest absolute Gasteiger partial charge is 0.399 e. The molecule has 0 saturated heterocycles. The first-order chi connectivity index (χ1) is 9.31. The van der Waals surface area contributed by atoms with Gasteiger partial charge in [-0.25, -0.2) is 21.9 Å². The molecule has 1 heterocycles. The Bertz CT molecular complexity index is 692. The molecular weight excluding hydrogens is 306 g/mol. The van der Waals surface area contributed by atoms with Crippen LogP contribution in [0.25, 0.3) is 0 Å². The number of anilines is 1. The van der Waals surface area contributed by atoms with Crippen LogP contribution in [0.3, 0.4) is 0 Å². The Balaban J connectivity index is 2.37. The van der Waals surface area contributed by atoms with Crippen LogP contribution in [0.15, 0.2) is 33.9 Å². The molecule has 0 radical (unpaired) electrons. The monoisotopic (exact) mass is 318 g/mol. The summed E-state index contributed by atoms with van der Waals surface area (Å²) >= 11 is 1.40. The molecular formula is C12H12F2N2O2S2. The van der Waals surface area contributed by atoms with Crippen molar-refractivity contribution < 1.29 is 17.2 Å². The number of sulfonamides is 1. The summed E-state index contributed by atoms with van der Waals surface area (Å²) in [7, 11) is -4.31. The predicted octanol–water partition coefficient (Wildman–Crippen LogP) is 2.65. The topological polar surface area (TPSA) is 72.2 Å². The summed E-state index contributed by atoms with van der Waals surface area (Å²) in [6.45, 7) is 1.59. The SMILES string of the molecule is CC(NS(=O)(=O)c1c(F)cc(N)cc1F)c1ccsc1. The van der Waals surface area contributed by atoms with E-state index >= 15 is 0 Å². The first-order valence-corrected chi connectivity index (χ1v) is 8.03. The second-order valence-corrected chi connectivity index (χ2v) is 6.64. The molecule has 2 aromatic rings. The highest BCUT2D eigenvalue weighted by atomic mass is 32.2. The van der Waals surface area contributed by atoms with Crippen LogP contribution in [-0.2, 0) is 10.0 Å². The van der Waals surface area contributed by atoms with Crippen molar-refractivity contribution in [1.82, 2.24) is 4.72 Å². The number of thiophene rings is 1. The molecule has 0 aliphatic carbocycles. The van der Waals surface area contributed by atoms with E-state index < -0.39 is 32.6 Å². The van der Waals surface area contributed by atoms with Gasteiger partial charge in [-0.15, -0.1) is 0 Å². The van der Waals surface area contributed by atoms with Crippen LogP contribution in [0, 0.1) is 11.6 Å². The highest BCUT2D eigenvalue weighted by molar-refractivity contribution is 7.89. The third-order valence-corrected chi connectivity index (χ3v) is 4.96. The van der Waals surface area contributed by atoms with E-state index in [9.17, 15) is 17.2 Å². The van der Waals surface area contributed by atoms with Crippen molar-refractivity contribution in [3.05, 3.63) is 46.2 Å². The Kier molecular flexibility index (Phi) is 4.07. The van der Waals surface area contributed by atoms with Gasteiger partial charge < -0.3 is 5.73 Å². The molecule has 108 valence electrons. The molecule has 1 aromatic carbocycles. The summed E-state index contributed by atoms with van der Waals surface area (Å²) < 4.78 is 53.7. The van der Waals surface area contributed by atoms with Crippen molar-refractivity contribution >= 4 is 27.0 Å². The highest BCUT2D eigenvalue weighted by Gasteiger charge is 2.26. The van der Waals surface area contributed by atoms with Gasteiger partial charge in [-0.1, -0.05) is 0 Å². The molecule has 0 bridgehead atoms. The zero-order valence-corrected chi connectivity index (χ0v) is 12.1. The van der Waals surface area contributed by atoms with Gasteiger partial charge in [0.25, 0.3) is 0 Å². The molecule has 0 spiro atoms. The molecule has 0 aliphatic rings. The molecule has 2 rings (SSSR count). The van der Waals surface area contributed by atoms with E-state index in [4.69, 9.17) is 5.73 Å². The van der Waals surface area contributed by atoms with Gasteiger partial charge in [0.05, 0.1) is 0 Å². The van der Waals surface area contributed by atoms with Gasteiger partial charge in [-0.2, -0.15) is 11.3 Å². The lowest BCUT2D eigenvalue weighted by Crippen LogP contribution is -2.28. The van der Waals surface area contributed by atoms with Gasteiger partial charge in [-0.05, 0) is 41.4 Å². The van der Waals surface area contributed by atoms with E-state index in [0.29, 0.717) is 0 Å². The second-order valence-electron chi connectivity index (χ2n) is 4.21. The number of nitrogens with two attached hydrogens (primary N) is 1. The van der Waals surface area contributed by atoms with Crippen LogP contribution in [0.2, 0.25) is 0 Å². The number of hydrogen-bond donors (Lipinski definition) is 2. The molecule has 3 N–H and O–H groups in total. The molecule has 1 atom stereocenters. The maximum absolute atomic E-state index is 13.7. The molecule has 1 aromatic heterocycles. The van der Waals surface area contributed by atoms with Gasteiger partial charge >= 0.3 is 0 Å². The minimum absolute atomic E-state index is 0.176. The minimum atomic E-state index is -4.31. The summed E-state index contributed by atoms with van der Waals surface area (Å²) in [6, 6.07) is 2.68. The lowest BCUT2D eigenvalue weighted by molar-refractivity contribution is 0.510. The van der Waals surface area contributed by atoms with Gasteiger partial charge in [-0.3, -0.25) is 0 Å². The Morgan fingerprint density at radius 3 is 2.40 bits per heavy atom. The Labute approximate surface area is 119 Å². The highest BCUT2D eigenvalue weighted by Crippen LogP contribution is 2.24. The Hall–Kier alpha value is -1.51. The third kappa shape index (κ3) is 2.97. The maximum atomic E-state index is 13.7. The number of nitrogen functional groups attached to an aromatic ring is 1. The number of halogens is 2. The fourth-order valence-electron chi connectivity index (χ4n) is 1.72. The average molecular weight is 318 g/mol. The normalized spacial score (nSPS) is 13.3. The van der Waals surface area contributed by atoms with Crippen molar-refractivity contribution in [2.45, 2.75) is 17.9 Å². The van der Waals surface area contributed by atoms with E-state index in [1.54, 1.807) is 23.8 Å². The summed E-state index contributed by atoms with van der Waals surface area (Å²) in [5, 5.41) is 3.54. The van der Waals surface area contributed by atoms with E-state index in [2.05, 4.69) is 4.72 Å². The van der Waals surface area contributed by atoms with Gasteiger partial charge in [0.15, 0.2) is 4.90 Å².